The molecule has 0 aliphatic heterocycles. The summed E-state index contributed by atoms with van der Waals surface area (Å²) >= 11 is 1.12. The number of anilines is 1. The Hall–Kier alpha value is -4.23. The maximum atomic E-state index is 13.8. The molecule has 5 nitrogen and oxygen atoms in total. The fraction of sp³-hybridized carbons (Fsp3) is 0.103. The predicted molar refractivity (Wildman–Crippen MR) is 148 cm³/mol. The highest BCUT2D eigenvalue weighted by atomic mass is 32.1. The van der Waals surface area contributed by atoms with Gasteiger partial charge in [0, 0.05) is 44.6 Å². The molecule has 7 heteroatoms. The smallest absolute Gasteiger partial charge is 0.176 e. The van der Waals surface area contributed by atoms with Gasteiger partial charge in [-0.05, 0) is 55.3 Å². The Balaban J connectivity index is 1.55. The Bertz CT molecular complexity index is 1620. The Labute approximate surface area is 213 Å². The zero-order valence-electron chi connectivity index (χ0n) is 20.2. The lowest BCUT2D eigenvalue weighted by Gasteiger charge is -2.09. The van der Waals surface area contributed by atoms with Crippen molar-refractivity contribution in [3.8, 4) is 22.5 Å². The number of aromatic amines is 2. The maximum absolute atomic E-state index is 13.8. The van der Waals surface area contributed by atoms with E-state index >= 15 is 0 Å². The molecule has 36 heavy (non-hydrogen) atoms. The second kappa shape index (κ2) is 9.79. The number of benzene rings is 1. The average molecular weight is 496 g/mol. The van der Waals surface area contributed by atoms with Gasteiger partial charge in [-0.2, -0.15) is 9.49 Å². The number of H-pyrrole nitrogens is 2. The summed E-state index contributed by atoms with van der Waals surface area (Å²) in [6.45, 7) is 11.9. The molecule has 0 unspecified atom stereocenters. The molecular weight excluding hydrogens is 469 g/mol. The zero-order valence-corrected chi connectivity index (χ0v) is 21.0. The molecule has 0 bridgehead atoms. The molecule has 0 radical (unpaired) electrons. The summed E-state index contributed by atoms with van der Waals surface area (Å²) in [5, 5.41) is 11.8. The molecule has 0 spiro atoms. The highest BCUT2D eigenvalue weighted by Crippen LogP contribution is 2.36. The summed E-state index contributed by atoms with van der Waals surface area (Å²) in [6.07, 6.45) is 8.13. The van der Waals surface area contributed by atoms with Gasteiger partial charge in [0.05, 0.1) is 23.1 Å². The highest BCUT2D eigenvalue weighted by Gasteiger charge is 2.17. The van der Waals surface area contributed by atoms with Crippen molar-refractivity contribution in [2.45, 2.75) is 20.3 Å². The summed E-state index contributed by atoms with van der Waals surface area (Å²) in [5.41, 5.74) is 9.39. The molecule has 0 aliphatic carbocycles. The number of aryl methyl sites for hydroxylation is 1. The molecule has 1 aromatic carbocycles. The lowest BCUT2D eigenvalue weighted by atomic mass is 10.0. The molecular formula is C29H26FN5S. The highest BCUT2D eigenvalue weighted by molar-refractivity contribution is 7.11. The molecule has 180 valence electrons. The van der Waals surface area contributed by atoms with E-state index in [9.17, 15) is 4.39 Å². The van der Waals surface area contributed by atoms with Gasteiger partial charge >= 0.3 is 0 Å². The molecule has 0 amide bonds. The van der Waals surface area contributed by atoms with Gasteiger partial charge in [0.1, 0.15) is 5.69 Å². The minimum absolute atomic E-state index is 0.216. The molecule has 4 aromatic heterocycles. The van der Waals surface area contributed by atoms with Crippen LogP contribution in [-0.4, -0.2) is 20.2 Å². The number of hydrogen-bond donors (Lipinski definition) is 3. The lowest BCUT2D eigenvalue weighted by Crippen LogP contribution is -1.97. The van der Waals surface area contributed by atoms with Crippen molar-refractivity contribution in [3.05, 3.63) is 107 Å². The van der Waals surface area contributed by atoms with Gasteiger partial charge in [0.15, 0.2) is 5.13 Å². The van der Waals surface area contributed by atoms with Crippen molar-refractivity contribution in [1.29, 1.82) is 0 Å². The third-order valence-electron chi connectivity index (χ3n) is 6.07. The normalized spacial score (nSPS) is 11.7. The Kier molecular flexibility index (Phi) is 6.40. The van der Waals surface area contributed by atoms with Crippen molar-refractivity contribution in [2.24, 2.45) is 0 Å². The van der Waals surface area contributed by atoms with Gasteiger partial charge in [0.25, 0.3) is 0 Å². The van der Waals surface area contributed by atoms with Crippen molar-refractivity contribution < 1.29 is 4.39 Å². The largest absolute Gasteiger partial charge is 0.358 e. The Morgan fingerprint density at radius 1 is 1.14 bits per heavy atom. The summed E-state index contributed by atoms with van der Waals surface area (Å²) in [6, 6.07) is 13.6. The molecule has 0 atom stereocenters. The minimum Gasteiger partial charge on any atom is -0.358 e. The van der Waals surface area contributed by atoms with E-state index in [1.165, 1.54) is 6.07 Å². The summed E-state index contributed by atoms with van der Waals surface area (Å²) in [4.78, 5) is 8.73. The first kappa shape index (κ1) is 23.5. The number of allylic oxidation sites excluding steroid dienone is 3. The van der Waals surface area contributed by atoms with E-state index < -0.39 is 0 Å². The van der Waals surface area contributed by atoms with Crippen LogP contribution in [0.3, 0.4) is 0 Å². The number of pyridine rings is 1. The number of nitrogens with zero attached hydrogens (tertiary/aromatic N) is 2. The Morgan fingerprint density at radius 2 is 2.00 bits per heavy atom. The molecule has 4 heterocycles. The quantitative estimate of drug-likeness (QED) is 0.191. The summed E-state index contributed by atoms with van der Waals surface area (Å²) < 4.78 is 13.8. The number of thiophene rings is 1. The summed E-state index contributed by atoms with van der Waals surface area (Å²) in [5.74, 6) is 0. The number of fused-ring (bicyclic) bond motifs is 1. The van der Waals surface area contributed by atoms with Crippen LogP contribution in [0.15, 0.2) is 85.9 Å². The van der Waals surface area contributed by atoms with Crippen LogP contribution >= 0.6 is 11.3 Å². The van der Waals surface area contributed by atoms with Gasteiger partial charge in [0.2, 0.25) is 0 Å². The monoisotopic (exact) mass is 495 g/mol. The van der Waals surface area contributed by atoms with Crippen molar-refractivity contribution in [3.63, 3.8) is 0 Å². The Morgan fingerprint density at radius 3 is 2.75 bits per heavy atom. The van der Waals surface area contributed by atoms with Crippen LogP contribution in [0.25, 0.3) is 39.0 Å². The lowest BCUT2D eigenvalue weighted by molar-refractivity contribution is 0.657. The van der Waals surface area contributed by atoms with Crippen LogP contribution < -0.4 is 5.32 Å². The van der Waals surface area contributed by atoms with Crippen LogP contribution in [0, 0.1) is 12.1 Å². The second-order valence-electron chi connectivity index (χ2n) is 8.52. The molecule has 3 N–H and O–H groups in total. The number of halogens is 1. The van der Waals surface area contributed by atoms with Gasteiger partial charge in [-0.25, -0.2) is 0 Å². The molecule has 0 aliphatic rings. The third kappa shape index (κ3) is 4.53. The fourth-order valence-electron chi connectivity index (χ4n) is 4.20. The molecule has 0 saturated carbocycles. The van der Waals surface area contributed by atoms with Gasteiger partial charge in [-0.15, -0.1) is 11.3 Å². The number of rotatable bonds is 8. The van der Waals surface area contributed by atoms with E-state index in [0.29, 0.717) is 0 Å². The van der Waals surface area contributed by atoms with Crippen LogP contribution in [-0.2, 0) is 0 Å². The first-order valence-electron chi connectivity index (χ1n) is 11.6. The van der Waals surface area contributed by atoms with Crippen molar-refractivity contribution in [2.75, 3.05) is 5.32 Å². The predicted octanol–water partition coefficient (Wildman–Crippen LogP) is 8.08. The van der Waals surface area contributed by atoms with Crippen molar-refractivity contribution >= 4 is 33.5 Å². The molecule has 0 saturated heterocycles. The van der Waals surface area contributed by atoms with E-state index in [0.717, 1.165) is 84.3 Å². The number of nitrogens with one attached hydrogen (secondary N) is 3. The standard InChI is InChI=1S/C29H26FN5S/c1-5-7-22(27-10-11-28(30)36-27)23-14-26(33-18(23)4)29-24-13-19(8-9-25(24)34-35-29)20-12-21(16-31-15-20)32-17(3)6-2/h5,7-16,32-33H,1,3,6H2,2,4H3,(H,34,35)/b22-7+. The second-order valence-corrected chi connectivity index (χ2v) is 9.55. The van der Waals surface area contributed by atoms with Gasteiger partial charge in [-0.3, -0.25) is 10.1 Å². The van der Waals surface area contributed by atoms with E-state index in [4.69, 9.17) is 0 Å². The van der Waals surface area contributed by atoms with Gasteiger partial charge in [-0.1, -0.05) is 38.3 Å². The van der Waals surface area contributed by atoms with Crippen LogP contribution in [0.2, 0.25) is 0 Å². The maximum Gasteiger partial charge on any atom is 0.176 e. The van der Waals surface area contributed by atoms with Crippen LogP contribution in [0.4, 0.5) is 10.1 Å². The third-order valence-corrected chi connectivity index (χ3v) is 6.97. The van der Waals surface area contributed by atoms with E-state index in [1.807, 2.05) is 25.3 Å². The average Bonchev–Trinajstić information content (AvgIpc) is 3.60. The molecule has 5 rings (SSSR count). The minimum atomic E-state index is -0.216. The van der Waals surface area contributed by atoms with E-state index in [-0.39, 0.29) is 5.13 Å². The number of hydrogen-bond acceptors (Lipinski definition) is 4. The fourth-order valence-corrected chi connectivity index (χ4v) is 4.97. The van der Waals surface area contributed by atoms with E-state index in [1.54, 1.807) is 18.3 Å². The van der Waals surface area contributed by atoms with Gasteiger partial charge < -0.3 is 10.3 Å². The van der Waals surface area contributed by atoms with Crippen molar-refractivity contribution in [1.82, 2.24) is 20.2 Å². The molecule has 0 fully saturated rings. The van der Waals surface area contributed by atoms with Crippen LogP contribution in [0.5, 0.6) is 0 Å². The first-order chi connectivity index (χ1) is 17.5. The first-order valence-corrected chi connectivity index (χ1v) is 12.5. The zero-order chi connectivity index (χ0) is 25.2. The van der Waals surface area contributed by atoms with E-state index in [2.05, 4.69) is 69.8 Å². The topological polar surface area (TPSA) is 69.4 Å². The van der Waals surface area contributed by atoms with Crippen LogP contribution in [0.1, 0.15) is 29.5 Å². The summed E-state index contributed by atoms with van der Waals surface area (Å²) in [7, 11) is 0. The number of aromatic nitrogens is 4. The SMILES string of the molecule is C=C/C=C(/c1ccc(F)s1)c1cc(-c2n[nH]c3ccc(-c4cncc(NC(=C)CC)c4)cc23)[nH]c1C. The molecule has 5 aromatic rings.